The first-order chi connectivity index (χ1) is 7.11. The van der Waals surface area contributed by atoms with Crippen molar-refractivity contribution in [1.29, 1.82) is 0 Å². The summed E-state index contributed by atoms with van der Waals surface area (Å²) in [6, 6.07) is 0.483. The minimum atomic E-state index is -2.90. The number of nitrogens with zero attached hydrogens (tertiary/aromatic N) is 1. The van der Waals surface area contributed by atoms with Gasteiger partial charge < -0.3 is 5.32 Å². The highest BCUT2D eigenvalue weighted by Crippen LogP contribution is 2.18. The Morgan fingerprint density at radius 3 is 2.56 bits per heavy atom. The summed E-state index contributed by atoms with van der Waals surface area (Å²) in [5, 5.41) is 3.46. The second-order valence-electron chi connectivity index (χ2n) is 5.73. The van der Waals surface area contributed by atoms with Crippen molar-refractivity contribution in [2.24, 2.45) is 0 Å². The number of rotatable bonds is 3. The standard InChI is InChI=1S/C11H24N2O2S/c1-9-6-12-11(3,4)8-13(9)10(2)7-16(5,14)15/h9-10,12H,6-8H2,1-5H3. The molecule has 0 spiro atoms. The lowest BCUT2D eigenvalue weighted by molar-refractivity contribution is 0.0772. The van der Waals surface area contributed by atoms with E-state index in [1.807, 2.05) is 6.92 Å². The number of nitrogens with one attached hydrogen (secondary N) is 1. The molecule has 1 heterocycles. The fourth-order valence-electron chi connectivity index (χ4n) is 2.33. The molecule has 1 N–H and O–H groups in total. The zero-order valence-electron chi connectivity index (χ0n) is 10.9. The zero-order chi connectivity index (χ0) is 12.6. The van der Waals surface area contributed by atoms with E-state index in [0.29, 0.717) is 6.04 Å². The molecule has 0 bridgehead atoms. The quantitative estimate of drug-likeness (QED) is 0.790. The zero-order valence-corrected chi connectivity index (χ0v) is 11.8. The smallest absolute Gasteiger partial charge is 0.148 e. The second-order valence-corrected chi connectivity index (χ2v) is 7.91. The van der Waals surface area contributed by atoms with Crippen LogP contribution in [0.5, 0.6) is 0 Å². The topological polar surface area (TPSA) is 49.4 Å². The fourth-order valence-corrected chi connectivity index (χ4v) is 3.40. The lowest BCUT2D eigenvalue weighted by Gasteiger charge is -2.46. The van der Waals surface area contributed by atoms with Crippen LogP contribution in [-0.4, -0.2) is 56.0 Å². The predicted molar refractivity (Wildman–Crippen MR) is 67.4 cm³/mol. The molecule has 1 aliphatic rings. The van der Waals surface area contributed by atoms with E-state index in [9.17, 15) is 8.42 Å². The molecule has 1 rings (SSSR count). The molecule has 4 nitrogen and oxygen atoms in total. The van der Waals surface area contributed by atoms with Crippen molar-refractivity contribution in [3.63, 3.8) is 0 Å². The second kappa shape index (κ2) is 4.63. The monoisotopic (exact) mass is 248 g/mol. The van der Waals surface area contributed by atoms with Gasteiger partial charge in [-0.2, -0.15) is 0 Å². The van der Waals surface area contributed by atoms with E-state index >= 15 is 0 Å². The Labute approximate surface area is 99.3 Å². The minimum Gasteiger partial charge on any atom is -0.309 e. The van der Waals surface area contributed by atoms with Crippen LogP contribution in [0.2, 0.25) is 0 Å². The molecule has 0 saturated carbocycles. The van der Waals surface area contributed by atoms with Gasteiger partial charge in [-0.3, -0.25) is 4.90 Å². The van der Waals surface area contributed by atoms with Crippen LogP contribution in [0.25, 0.3) is 0 Å². The Bertz CT molecular complexity index is 338. The first-order valence-corrected chi connectivity index (χ1v) is 7.85. The molecule has 0 amide bonds. The SMILES string of the molecule is CC1CNC(C)(C)CN1C(C)CS(C)(=O)=O. The molecule has 5 heteroatoms. The summed E-state index contributed by atoms with van der Waals surface area (Å²) in [5.74, 6) is 0.243. The van der Waals surface area contributed by atoms with Gasteiger partial charge in [0.2, 0.25) is 0 Å². The first kappa shape index (κ1) is 13.9. The Kier molecular flexibility index (Phi) is 4.03. The Hall–Kier alpha value is -0.130. The Morgan fingerprint density at radius 2 is 2.06 bits per heavy atom. The largest absolute Gasteiger partial charge is 0.309 e. The third kappa shape index (κ3) is 4.03. The van der Waals surface area contributed by atoms with Gasteiger partial charge in [-0.05, 0) is 27.7 Å². The first-order valence-electron chi connectivity index (χ1n) is 5.79. The van der Waals surface area contributed by atoms with Gasteiger partial charge in [0.1, 0.15) is 9.84 Å². The molecule has 0 aromatic rings. The van der Waals surface area contributed by atoms with Gasteiger partial charge in [0.15, 0.2) is 0 Å². The number of hydrogen-bond donors (Lipinski definition) is 1. The Balaban J connectivity index is 2.70. The average Bonchev–Trinajstić information content (AvgIpc) is 2.06. The molecular formula is C11H24N2O2S. The lowest BCUT2D eigenvalue weighted by Crippen LogP contribution is -2.63. The fraction of sp³-hybridized carbons (Fsp3) is 1.00. The summed E-state index contributed by atoms with van der Waals surface area (Å²) in [7, 11) is -2.90. The van der Waals surface area contributed by atoms with Crippen molar-refractivity contribution < 1.29 is 8.42 Å². The van der Waals surface area contributed by atoms with Crippen molar-refractivity contribution in [1.82, 2.24) is 10.2 Å². The maximum Gasteiger partial charge on any atom is 0.148 e. The van der Waals surface area contributed by atoms with Crippen molar-refractivity contribution in [2.45, 2.75) is 45.3 Å². The van der Waals surface area contributed by atoms with Crippen LogP contribution in [0.3, 0.4) is 0 Å². The van der Waals surface area contributed by atoms with Crippen LogP contribution in [0.1, 0.15) is 27.7 Å². The normalized spacial score (nSPS) is 28.9. The molecule has 0 aromatic heterocycles. The van der Waals surface area contributed by atoms with Crippen LogP contribution in [0.4, 0.5) is 0 Å². The van der Waals surface area contributed by atoms with E-state index in [-0.39, 0.29) is 17.3 Å². The molecule has 2 atom stereocenters. The van der Waals surface area contributed by atoms with Gasteiger partial charge in [0, 0.05) is 37.0 Å². The maximum absolute atomic E-state index is 11.3. The highest BCUT2D eigenvalue weighted by Gasteiger charge is 2.33. The van der Waals surface area contributed by atoms with Gasteiger partial charge in [0.05, 0.1) is 5.75 Å². The molecule has 1 saturated heterocycles. The minimum absolute atomic E-state index is 0.0677. The van der Waals surface area contributed by atoms with Gasteiger partial charge in [0.25, 0.3) is 0 Å². The van der Waals surface area contributed by atoms with E-state index in [1.54, 1.807) is 0 Å². The summed E-state index contributed by atoms with van der Waals surface area (Å²) in [5.41, 5.74) is 0.0677. The molecule has 1 aliphatic heterocycles. The van der Waals surface area contributed by atoms with Gasteiger partial charge in [-0.1, -0.05) is 0 Å². The van der Waals surface area contributed by atoms with Crippen LogP contribution >= 0.6 is 0 Å². The molecule has 2 unspecified atom stereocenters. The van der Waals surface area contributed by atoms with Crippen molar-refractivity contribution >= 4 is 9.84 Å². The molecule has 0 aliphatic carbocycles. The van der Waals surface area contributed by atoms with E-state index in [1.165, 1.54) is 6.26 Å². The van der Waals surface area contributed by atoms with Crippen molar-refractivity contribution in [3.05, 3.63) is 0 Å². The summed E-state index contributed by atoms with van der Waals surface area (Å²) >= 11 is 0. The molecule has 0 aromatic carbocycles. The third-order valence-corrected chi connectivity index (χ3v) is 4.22. The summed E-state index contributed by atoms with van der Waals surface area (Å²) in [6.07, 6.45) is 1.31. The lowest BCUT2D eigenvalue weighted by atomic mass is 9.98. The van der Waals surface area contributed by atoms with E-state index < -0.39 is 9.84 Å². The highest BCUT2D eigenvalue weighted by molar-refractivity contribution is 7.90. The molecule has 0 radical (unpaired) electrons. The maximum atomic E-state index is 11.3. The van der Waals surface area contributed by atoms with Gasteiger partial charge in [-0.25, -0.2) is 8.42 Å². The van der Waals surface area contributed by atoms with E-state index in [2.05, 4.69) is 31.0 Å². The highest BCUT2D eigenvalue weighted by atomic mass is 32.2. The average molecular weight is 248 g/mol. The van der Waals surface area contributed by atoms with E-state index in [0.717, 1.165) is 13.1 Å². The summed E-state index contributed by atoms with van der Waals surface area (Å²) in [6.45, 7) is 10.3. The van der Waals surface area contributed by atoms with Crippen LogP contribution in [0.15, 0.2) is 0 Å². The number of hydrogen-bond acceptors (Lipinski definition) is 4. The third-order valence-electron chi connectivity index (χ3n) is 3.13. The predicted octanol–water partition coefficient (Wildman–Crippen LogP) is 0.492. The molecular weight excluding hydrogens is 224 g/mol. The van der Waals surface area contributed by atoms with Gasteiger partial charge >= 0.3 is 0 Å². The number of sulfone groups is 1. The summed E-state index contributed by atoms with van der Waals surface area (Å²) in [4.78, 5) is 2.29. The van der Waals surface area contributed by atoms with Crippen molar-refractivity contribution in [2.75, 3.05) is 25.1 Å². The van der Waals surface area contributed by atoms with Crippen LogP contribution in [-0.2, 0) is 9.84 Å². The van der Waals surface area contributed by atoms with Crippen LogP contribution in [0, 0.1) is 0 Å². The van der Waals surface area contributed by atoms with E-state index in [4.69, 9.17) is 0 Å². The molecule has 1 fully saturated rings. The van der Waals surface area contributed by atoms with Crippen LogP contribution < -0.4 is 5.32 Å². The van der Waals surface area contributed by atoms with Gasteiger partial charge in [-0.15, -0.1) is 0 Å². The Morgan fingerprint density at radius 1 is 1.50 bits per heavy atom. The number of piperazine rings is 1. The summed E-state index contributed by atoms with van der Waals surface area (Å²) < 4.78 is 22.6. The molecule has 96 valence electrons. The van der Waals surface area contributed by atoms with Crippen molar-refractivity contribution in [3.8, 4) is 0 Å². The molecule has 16 heavy (non-hydrogen) atoms.